The number of aromatic nitrogens is 3. The number of hydrogen-bond acceptors (Lipinski definition) is 4. The minimum atomic E-state index is -4.82. The Balaban J connectivity index is 1.31. The number of carbonyl (C=O) groups excluding carboxylic acids is 1. The van der Waals surface area contributed by atoms with Crippen molar-refractivity contribution in [3.63, 3.8) is 0 Å². The topological polar surface area (TPSA) is 60.2 Å². The van der Waals surface area contributed by atoms with Crippen LogP contribution in [0.4, 0.5) is 17.6 Å². The molecule has 38 heavy (non-hydrogen) atoms. The van der Waals surface area contributed by atoms with Gasteiger partial charge in [-0.2, -0.15) is 18.3 Å². The van der Waals surface area contributed by atoms with Gasteiger partial charge in [-0.05, 0) is 54.3 Å². The molecule has 6 nitrogen and oxygen atoms in total. The predicted octanol–water partition coefficient (Wildman–Crippen LogP) is 5.75. The van der Waals surface area contributed by atoms with Gasteiger partial charge >= 0.3 is 6.18 Å². The Morgan fingerprint density at radius 3 is 2.42 bits per heavy atom. The Morgan fingerprint density at radius 2 is 1.71 bits per heavy atom. The quantitative estimate of drug-likeness (QED) is 0.322. The fourth-order valence-corrected chi connectivity index (χ4v) is 5.31. The van der Waals surface area contributed by atoms with Crippen LogP contribution in [-0.2, 0) is 23.1 Å². The highest BCUT2D eigenvalue weighted by atomic mass is 19.4. The molecule has 0 radical (unpaired) electrons. The largest absolute Gasteiger partial charge is 0.419 e. The highest BCUT2D eigenvalue weighted by molar-refractivity contribution is 5.93. The Labute approximate surface area is 215 Å². The first-order valence-corrected chi connectivity index (χ1v) is 12.1. The molecule has 4 heterocycles. The Bertz CT molecular complexity index is 1510. The number of halogens is 4. The SMILES string of the molecule is O=C(c1cc(-c2ccncc2)n(-c2ccc(C(F)(F)F)c(F)c2)n1)N1CCC2(CC1)OCc1ccccc12. The molecule has 6 rings (SSSR count). The third-order valence-corrected chi connectivity index (χ3v) is 7.28. The van der Waals surface area contributed by atoms with Crippen LogP contribution in [0.3, 0.4) is 0 Å². The van der Waals surface area contributed by atoms with Crippen molar-refractivity contribution < 1.29 is 27.1 Å². The number of benzene rings is 2. The molecule has 2 aliphatic heterocycles. The summed E-state index contributed by atoms with van der Waals surface area (Å²) in [4.78, 5) is 19.2. The van der Waals surface area contributed by atoms with Crippen LogP contribution in [0.2, 0.25) is 0 Å². The minimum absolute atomic E-state index is 0.0647. The number of likely N-dealkylation sites (tertiary alicyclic amines) is 1. The molecular weight excluding hydrogens is 500 g/mol. The van der Waals surface area contributed by atoms with Gasteiger partial charge in [-0.15, -0.1) is 0 Å². The van der Waals surface area contributed by atoms with Crippen LogP contribution in [0, 0.1) is 5.82 Å². The van der Waals surface area contributed by atoms with Gasteiger partial charge in [0.2, 0.25) is 0 Å². The lowest BCUT2D eigenvalue weighted by Crippen LogP contribution is -2.45. The van der Waals surface area contributed by atoms with E-state index in [1.54, 1.807) is 35.5 Å². The van der Waals surface area contributed by atoms with Gasteiger partial charge in [0.15, 0.2) is 5.69 Å². The van der Waals surface area contributed by atoms with Crippen LogP contribution in [0.15, 0.2) is 73.1 Å². The van der Waals surface area contributed by atoms with Crippen molar-refractivity contribution in [1.82, 2.24) is 19.7 Å². The molecule has 0 unspecified atom stereocenters. The van der Waals surface area contributed by atoms with E-state index < -0.39 is 23.2 Å². The molecule has 2 aliphatic rings. The van der Waals surface area contributed by atoms with Gasteiger partial charge in [0.05, 0.1) is 29.2 Å². The smallest absolute Gasteiger partial charge is 0.365 e. The maximum atomic E-state index is 14.4. The summed E-state index contributed by atoms with van der Waals surface area (Å²) in [6.45, 7) is 1.46. The summed E-state index contributed by atoms with van der Waals surface area (Å²) in [5.41, 5.74) is 1.78. The fraction of sp³-hybridized carbons (Fsp3) is 0.250. The molecule has 1 amide bonds. The average Bonchev–Trinajstić information content (AvgIpc) is 3.52. The first-order chi connectivity index (χ1) is 18.2. The third-order valence-electron chi connectivity index (χ3n) is 7.28. The molecule has 2 aromatic carbocycles. The van der Waals surface area contributed by atoms with Crippen molar-refractivity contribution in [3.8, 4) is 16.9 Å². The van der Waals surface area contributed by atoms with E-state index in [4.69, 9.17) is 4.74 Å². The Hall–Kier alpha value is -4.05. The molecule has 1 saturated heterocycles. The summed E-state index contributed by atoms with van der Waals surface area (Å²) in [5.74, 6) is -1.73. The monoisotopic (exact) mass is 522 g/mol. The number of hydrogen-bond donors (Lipinski definition) is 0. The summed E-state index contributed by atoms with van der Waals surface area (Å²) < 4.78 is 61.2. The highest BCUT2D eigenvalue weighted by Crippen LogP contribution is 2.44. The first-order valence-electron chi connectivity index (χ1n) is 12.1. The van der Waals surface area contributed by atoms with Crippen LogP contribution < -0.4 is 0 Å². The summed E-state index contributed by atoms with van der Waals surface area (Å²) in [6.07, 6.45) is -0.456. The number of carbonyl (C=O) groups is 1. The number of piperidine rings is 1. The molecule has 1 fully saturated rings. The van der Waals surface area contributed by atoms with Crippen LogP contribution >= 0.6 is 0 Å². The summed E-state index contributed by atoms with van der Waals surface area (Å²) in [5, 5.41) is 4.42. The van der Waals surface area contributed by atoms with Crippen molar-refractivity contribution in [1.29, 1.82) is 0 Å². The van der Waals surface area contributed by atoms with Gasteiger partial charge in [-0.1, -0.05) is 24.3 Å². The van der Waals surface area contributed by atoms with Crippen LogP contribution in [0.5, 0.6) is 0 Å². The lowest BCUT2D eigenvalue weighted by molar-refractivity contribution is -0.140. The van der Waals surface area contributed by atoms with Gasteiger partial charge in [0, 0.05) is 37.1 Å². The molecule has 0 saturated carbocycles. The maximum absolute atomic E-state index is 14.4. The molecule has 0 bridgehead atoms. The van der Waals surface area contributed by atoms with Crippen molar-refractivity contribution in [3.05, 3.63) is 101 Å². The second-order valence-electron chi connectivity index (χ2n) is 9.46. The van der Waals surface area contributed by atoms with E-state index in [2.05, 4.69) is 22.2 Å². The first kappa shape index (κ1) is 24.3. The number of fused-ring (bicyclic) bond motifs is 2. The molecule has 4 aromatic rings. The lowest BCUT2D eigenvalue weighted by Gasteiger charge is -2.39. The standard InChI is InChI=1S/C28H22F4N4O2/c29-23-15-20(5-6-22(23)28(30,31)32)36-25(18-7-11-33-12-8-18)16-24(34-36)26(37)35-13-9-27(10-14-35)21-4-2-1-3-19(21)17-38-27/h1-8,11-12,15-16H,9-10,13-14,17H2. The summed E-state index contributed by atoms with van der Waals surface area (Å²) >= 11 is 0. The van der Waals surface area contributed by atoms with E-state index in [-0.39, 0.29) is 17.3 Å². The summed E-state index contributed by atoms with van der Waals surface area (Å²) in [7, 11) is 0. The van der Waals surface area contributed by atoms with Crippen molar-refractivity contribution in [2.45, 2.75) is 31.2 Å². The maximum Gasteiger partial charge on any atom is 0.419 e. The summed E-state index contributed by atoms with van der Waals surface area (Å²) in [6, 6.07) is 15.6. The number of pyridine rings is 1. The Morgan fingerprint density at radius 1 is 0.974 bits per heavy atom. The van der Waals surface area contributed by atoms with E-state index in [9.17, 15) is 22.4 Å². The molecular formula is C28H22F4N4O2. The highest BCUT2D eigenvalue weighted by Gasteiger charge is 2.43. The molecule has 2 aromatic heterocycles. The molecule has 10 heteroatoms. The Kier molecular flexibility index (Phi) is 5.79. The molecule has 1 spiro atoms. The third kappa shape index (κ3) is 4.14. The molecule has 0 N–H and O–H groups in total. The van der Waals surface area contributed by atoms with Gasteiger partial charge < -0.3 is 9.64 Å². The van der Waals surface area contributed by atoms with Crippen molar-refractivity contribution in [2.24, 2.45) is 0 Å². The second-order valence-corrected chi connectivity index (χ2v) is 9.46. The van der Waals surface area contributed by atoms with Crippen LogP contribution in [0.1, 0.15) is 40.0 Å². The predicted molar refractivity (Wildman–Crippen MR) is 130 cm³/mol. The normalized spacial score (nSPS) is 16.6. The van der Waals surface area contributed by atoms with E-state index in [1.165, 1.54) is 10.2 Å². The number of amides is 1. The van der Waals surface area contributed by atoms with E-state index in [0.29, 0.717) is 49.9 Å². The zero-order chi connectivity index (χ0) is 26.5. The van der Waals surface area contributed by atoms with Gasteiger partial charge in [0.1, 0.15) is 5.82 Å². The van der Waals surface area contributed by atoms with Gasteiger partial charge in [-0.25, -0.2) is 9.07 Å². The minimum Gasteiger partial charge on any atom is -0.365 e. The lowest BCUT2D eigenvalue weighted by atomic mass is 9.84. The fourth-order valence-electron chi connectivity index (χ4n) is 5.31. The zero-order valence-electron chi connectivity index (χ0n) is 20.1. The number of rotatable bonds is 3. The number of nitrogens with zero attached hydrogens (tertiary/aromatic N) is 4. The van der Waals surface area contributed by atoms with Crippen molar-refractivity contribution >= 4 is 5.91 Å². The van der Waals surface area contributed by atoms with E-state index >= 15 is 0 Å². The van der Waals surface area contributed by atoms with Crippen LogP contribution in [-0.4, -0.2) is 38.7 Å². The number of ether oxygens (including phenoxy) is 1. The van der Waals surface area contributed by atoms with Crippen molar-refractivity contribution in [2.75, 3.05) is 13.1 Å². The van der Waals surface area contributed by atoms with E-state index in [0.717, 1.165) is 17.7 Å². The second kappa shape index (κ2) is 9.05. The average molecular weight is 523 g/mol. The van der Waals surface area contributed by atoms with E-state index in [1.807, 2.05) is 12.1 Å². The van der Waals surface area contributed by atoms with Gasteiger partial charge in [-0.3, -0.25) is 9.78 Å². The van der Waals surface area contributed by atoms with Gasteiger partial charge in [0.25, 0.3) is 5.91 Å². The number of alkyl halides is 3. The molecule has 0 aliphatic carbocycles. The molecule has 0 atom stereocenters. The zero-order valence-corrected chi connectivity index (χ0v) is 20.1. The molecule has 194 valence electrons. The van der Waals surface area contributed by atoms with Crippen LogP contribution in [0.25, 0.3) is 16.9 Å².